The first kappa shape index (κ1) is 46.7. The van der Waals surface area contributed by atoms with E-state index in [4.69, 9.17) is 18.9 Å². The number of hydrogen-bond donors (Lipinski definition) is 0. The van der Waals surface area contributed by atoms with E-state index in [1.165, 1.54) is 12.4 Å². The molecule has 12 heteroatoms. The number of hydrogen-bond acceptors (Lipinski definition) is 8. The average Bonchev–Trinajstić information content (AvgIpc) is 3.75. The van der Waals surface area contributed by atoms with Gasteiger partial charge in [-0.05, 0) is 124 Å². The molecular formula is C52H64F2N2O8. The van der Waals surface area contributed by atoms with Crippen molar-refractivity contribution in [3.63, 3.8) is 0 Å². The smallest absolute Gasteiger partial charge is 0.343 e. The van der Waals surface area contributed by atoms with Crippen molar-refractivity contribution < 1.29 is 37.3 Å². The second-order valence-corrected chi connectivity index (χ2v) is 19.3. The Morgan fingerprint density at radius 1 is 0.641 bits per heavy atom. The Hall–Kier alpha value is -5.26. The van der Waals surface area contributed by atoms with Crippen LogP contribution in [0.2, 0.25) is 0 Å². The van der Waals surface area contributed by atoms with Gasteiger partial charge in [-0.25, -0.2) is 18.4 Å². The molecule has 344 valence electrons. The molecule has 0 unspecified atom stereocenters. The third-order valence-electron chi connectivity index (χ3n) is 14.0. The van der Waals surface area contributed by atoms with Crippen molar-refractivity contribution in [1.29, 1.82) is 0 Å². The van der Waals surface area contributed by atoms with E-state index in [1.54, 1.807) is 13.8 Å². The van der Waals surface area contributed by atoms with Gasteiger partial charge in [-0.15, -0.1) is 0 Å². The summed E-state index contributed by atoms with van der Waals surface area (Å²) in [6, 6.07) is 7.81. The molecule has 2 aliphatic heterocycles. The number of carbonyl (C=O) groups is 2. The lowest BCUT2D eigenvalue weighted by molar-refractivity contribution is 0.0512. The molecule has 0 N–H and O–H groups in total. The Kier molecular flexibility index (Phi) is 13.4. The number of carbonyl (C=O) groups excluding carboxylic acids is 2. The molecule has 8 rings (SSSR count). The molecule has 4 heterocycles. The summed E-state index contributed by atoms with van der Waals surface area (Å²) in [6.45, 7) is 21.7. The fourth-order valence-corrected chi connectivity index (χ4v) is 10.8. The topological polar surface area (TPSA) is 115 Å². The van der Waals surface area contributed by atoms with E-state index in [9.17, 15) is 19.2 Å². The lowest BCUT2D eigenvalue weighted by Crippen LogP contribution is -2.34. The number of halogens is 2. The molecule has 4 aromatic rings. The predicted octanol–water partition coefficient (Wildman–Crippen LogP) is 11.6. The predicted molar refractivity (Wildman–Crippen MR) is 244 cm³/mol. The molecule has 64 heavy (non-hydrogen) atoms. The molecule has 0 spiro atoms. The molecule has 4 atom stereocenters. The summed E-state index contributed by atoms with van der Waals surface area (Å²) in [5.41, 5.74) is 3.28. The number of aryl methyl sites for hydroxylation is 2. The molecule has 0 radical (unpaired) electrons. The van der Waals surface area contributed by atoms with Crippen molar-refractivity contribution in [2.24, 2.45) is 10.8 Å². The number of nitrogens with zero attached hydrogens (tertiary/aromatic N) is 2. The highest BCUT2D eigenvalue weighted by Crippen LogP contribution is 2.61. The van der Waals surface area contributed by atoms with Crippen LogP contribution in [0, 0.1) is 36.3 Å². The fourth-order valence-electron chi connectivity index (χ4n) is 10.8. The zero-order chi connectivity index (χ0) is 46.4. The molecule has 4 aliphatic rings. The van der Waals surface area contributed by atoms with Crippen molar-refractivity contribution in [3.05, 3.63) is 102 Å². The molecule has 0 saturated heterocycles. The van der Waals surface area contributed by atoms with E-state index in [1.807, 2.05) is 47.2 Å². The quantitative estimate of drug-likeness (QED) is 0.102. The van der Waals surface area contributed by atoms with Crippen LogP contribution in [0.25, 0.3) is 22.5 Å². The van der Waals surface area contributed by atoms with E-state index in [-0.39, 0.29) is 70.5 Å². The first-order valence-corrected chi connectivity index (χ1v) is 23.2. The second-order valence-electron chi connectivity index (χ2n) is 19.3. The zero-order valence-corrected chi connectivity index (χ0v) is 39.2. The third kappa shape index (κ3) is 8.19. The molecule has 0 bridgehead atoms. The number of rotatable bonds is 12. The minimum atomic E-state index is -0.907. The highest BCUT2D eigenvalue weighted by Gasteiger charge is 2.50. The number of ether oxygens (including phenoxy) is 4. The SMILES string of the molecule is CCCCOc1cc2c(cc1C)-c1c(F)c(=O)c(C(=O)OCC)cn1[C@@H]1[C@H]2CCC1(C)C.CCCCOc1cc2c(cc1C)-c1c(F)c(=O)c(C(=O)OCC)cn1[C@H]1[C@@H]2CCC1(C)C. The first-order valence-electron chi connectivity index (χ1n) is 23.2. The number of esters is 2. The monoisotopic (exact) mass is 882 g/mol. The normalized spacial score (nSPS) is 20.3. The van der Waals surface area contributed by atoms with Gasteiger partial charge in [0.25, 0.3) is 0 Å². The minimum absolute atomic E-state index is 0.0699. The number of pyridine rings is 2. The summed E-state index contributed by atoms with van der Waals surface area (Å²) in [5.74, 6) is -1.40. The fraction of sp³-hybridized carbons (Fsp3) is 0.538. The van der Waals surface area contributed by atoms with Crippen molar-refractivity contribution in [3.8, 4) is 34.0 Å². The molecule has 2 aliphatic carbocycles. The lowest BCUT2D eigenvalue weighted by Gasteiger charge is -2.40. The minimum Gasteiger partial charge on any atom is -0.493 e. The summed E-state index contributed by atoms with van der Waals surface area (Å²) < 4.78 is 57.1. The highest BCUT2D eigenvalue weighted by atomic mass is 19.1. The van der Waals surface area contributed by atoms with Gasteiger partial charge in [-0.3, -0.25) is 9.59 Å². The van der Waals surface area contributed by atoms with Crippen LogP contribution in [-0.4, -0.2) is 47.5 Å². The maximum absolute atomic E-state index is 15.6. The highest BCUT2D eigenvalue weighted by molar-refractivity contribution is 5.90. The van der Waals surface area contributed by atoms with Gasteiger partial charge in [-0.1, -0.05) is 54.4 Å². The van der Waals surface area contributed by atoms with Crippen LogP contribution < -0.4 is 20.3 Å². The Morgan fingerprint density at radius 3 is 1.36 bits per heavy atom. The summed E-state index contributed by atoms with van der Waals surface area (Å²) in [5, 5.41) is 0. The summed E-state index contributed by atoms with van der Waals surface area (Å²) in [7, 11) is 0. The van der Waals surface area contributed by atoms with Crippen LogP contribution in [-0.2, 0) is 9.47 Å². The molecule has 10 nitrogen and oxygen atoms in total. The van der Waals surface area contributed by atoms with Gasteiger partial charge in [-0.2, -0.15) is 0 Å². The molecule has 2 fully saturated rings. The number of unbranched alkanes of at least 4 members (excludes halogenated alkanes) is 2. The Bertz CT molecular complexity index is 2410. The lowest BCUT2D eigenvalue weighted by atomic mass is 9.77. The van der Waals surface area contributed by atoms with Crippen LogP contribution in [0.15, 0.2) is 46.2 Å². The maximum Gasteiger partial charge on any atom is 0.343 e. The van der Waals surface area contributed by atoms with E-state index in [0.29, 0.717) is 24.3 Å². The average molecular weight is 883 g/mol. The van der Waals surface area contributed by atoms with E-state index in [2.05, 4.69) is 41.5 Å². The van der Waals surface area contributed by atoms with Gasteiger partial charge < -0.3 is 28.1 Å². The van der Waals surface area contributed by atoms with Gasteiger partial charge in [0.2, 0.25) is 10.9 Å². The van der Waals surface area contributed by atoms with Gasteiger partial charge in [0.05, 0.1) is 37.8 Å². The van der Waals surface area contributed by atoms with E-state index in [0.717, 1.165) is 85.1 Å². The molecular weight excluding hydrogens is 819 g/mol. The van der Waals surface area contributed by atoms with Crippen LogP contribution in [0.3, 0.4) is 0 Å². The standard InChI is InChI=1S/2C26H32FNO4/c2*1-6-8-11-32-20-13-17-16-9-10-26(4,5)24(16)28-14-19(25(30)31-7-2)23(29)21(27)22(28)18(17)12-15(20)3/h2*12-14,16,24H,6-11H2,1-5H3/t2*16-,24+/m10/s1. The van der Waals surface area contributed by atoms with Crippen LogP contribution in [0.5, 0.6) is 11.5 Å². The van der Waals surface area contributed by atoms with E-state index < -0.39 is 34.4 Å². The summed E-state index contributed by atoms with van der Waals surface area (Å²) in [6.07, 6.45) is 10.9. The van der Waals surface area contributed by atoms with E-state index >= 15 is 8.78 Å². The van der Waals surface area contributed by atoms with Gasteiger partial charge >= 0.3 is 11.9 Å². The van der Waals surface area contributed by atoms with Crippen LogP contribution >= 0.6 is 0 Å². The van der Waals surface area contributed by atoms with Crippen molar-refractivity contribution in [2.75, 3.05) is 26.4 Å². The molecule has 2 aromatic heterocycles. The number of benzene rings is 2. The Labute approximate surface area is 375 Å². The summed E-state index contributed by atoms with van der Waals surface area (Å²) in [4.78, 5) is 50.5. The molecule has 2 aromatic carbocycles. The number of aromatic nitrogens is 2. The van der Waals surface area contributed by atoms with Crippen molar-refractivity contribution >= 4 is 11.9 Å². The van der Waals surface area contributed by atoms with Crippen molar-refractivity contribution in [1.82, 2.24) is 9.13 Å². The number of fused-ring (bicyclic) bond motifs is 12. The first-order chi connectivity index (χ1) is 30.4. The van der Waals surface area contributed by atoms with Crippen molar-refractivity contribution in [2.45, 2.75) is 145 Å². The molecule has 2 saturated carbocycles. The third-order valence-corrected chi connectivity index (χ3v) is 14.0. The second kappa shape index (κ2) is 18.3. The van der Waals surface area contributed by atoms with Crippen LogP contribution in [0.4, 0.5) is 8.78 Å². The maximum atomic E-state index is 15.6. The van der Waals surface area contributed by atoms with Gasteiger partial charge in [0, 0.05) is 47.4 Å². The summed E-state index contributed by atoms with van der Waals surface area (Å²) >= 11 is 0. The van der Waals surface area contributed by atoms with Gasteiger partial charge in [0.15, 0.2) is 11.6 Å². The molecule has 0 amide bonds. The zero-order valence-electron chi connectivity index (χ0n) is 39.2. The Morgan fingerprint density at radius 2 is 1.02 bits per heavy atom. The largest absolute Gasteiger partial charge is 0.493 e. The Balaban J connectivity index is 0.000000191. The van der Waals surface area contributed by atoms with Gasteiger partial charge in [0.1, 0.15) is 22.6 Å². The van der Waals surface area contributed by atoms with Crippen LogP contribution in [0.1, 0.15) is 174 Å².